The lowest BCUT2D eigenvalue weighted by molar-refractivity contribution is -0.0814. The topological polar surface area (TPSA) is 57.1 Å². The van der Waals surface area contributed by atoms with Crippen molar-refractivity contribution in [3.8, 4) is 17.1 Å². The zero-order chi connectivity index (χ0) is 13.2. The van der Waals surface area contributed by atoms with Gasteiger partial charge in [0.15, 0.2) is 0 Å². The highest BCUT2D eigenvalue weighted by Gasteiger charge is 2.20. The summed E-state index contributed by atoms with van der Waals surface area (Å²) in [4.78, 5) is 12.0. The maximum atomic E-state index is 13.7. The summed E-state index contributed by atoms with van der Waals surface area (Å²) in [5.74, 6) is -0.102. The van der Waals surface area contributed by atoms with E-state index in [1.807, 2.05) is 0 Å². The number of hydrogen-bond donors (Lipinski definition) is 0. The van der Waals surface area contributed by atoms with Gasteiger partial charge in [-0.25, -0.2) is 19.3 Å². The number of halogens is 2. The van der Waals surface area contributed by atoms with Crippen LogP contribution in [-0.2, 0) is 4.74 Å². The van der Waals surface area contributed by atoms with E-state index in [0.29, 0.717) is 24.8 Å². The number of pyridine rings is 1. The van der Waals surface area contributed by atoms with E-state index in [9.17, 15) is 4.39 Å². The van der Waals surface area contributed by atoms with Crippen molar-refractivity contribution in [2.24, 2.45) is 0 Å². The highest BCUT2D eigenvalue weighted by atomic mass is 35.5. The third-order valence-corrected chi connectivity index (χ3v) is 2.83. The van der Waals surface area contributed by atoms with Gasteiger partial charge in [-0.3, -0.25) is 0 Å². The number of ether oxygens (including phenoxy) is 2. The van der Waals surface area contributed by atoms with Gasteiger partial charge >= 0.3 is 0 Å². The molecule has 0 N–H and O–H groups in total. The van der Waals surface area contributed by atoms with Crippen LogP contribution in [0.2, 0.25) is 5.15 Å². The van der Waals surface area contributed by atoms with Crippen LogP contribution in [0.25, 0.3) is 11.3 Å². The summed E-state index contributed by atoms with van der Waals surface area (Å²) in [7, 11) is 0. The Morgan fingerprint density at radius 1 is 1.21 bits per heavy atom. The fraction of sp³-hybridized carbons (Fsp3) is 0.250. The van der Waals surface area contributed by atoms with E-state index in [4.69, 9.17) is 21.1 Å². The Bertz CT molecular complexity index is 590. The lowest BCUT2D eigenvalue weighted by atomic mass is 10.2. The first-order valence-electron chi connectivity index (χ1n) is 5.60. The Kier molecular flexibility index (Phi) is 3.27. The first-order chi connectivity index (χ1) is 9.22. The normalized spacial score (nSPS) is 15.1. The average Bonchev–Trinajstić information content (AvgIpc) is 2.35. The molecular weight excluding hydrogens is 273 g/mol. The molecule has 1 aliphatic rings. The average molecular weight is 282 g/mol. The molecule has 0 radical (unpaired) electrons. The van der Waals surface area contributed by atoms with Crippen molar-refractivity contribution >= 4 is 11.6 Å². The number of aromatic nitrogens is 3. The molecule has 0 amide bonds. The van der Waals surface area contributed by atoms with E-state index in [1.54, 1.807) is 0 Å². The fourth-order valence-corrected chi connectivity index (χ4v) is 1.71. The minimum atomic E-state index is -0.490. The summed E-state index contributed by atoms with van der Waals surface area (Å²) in [6.45, 7) is 1.11. The molecule has 0 aliphatic carbocycles. The van der Waals surface area contributed by atoms with Gasteiger partial charge in [0, 0.05) is 12.3 Å². The van der Waals surface area contributed by atoms with Crippen molar-refractivity contribution in [3.63, 3.8) is 0 Å². The standard InChI is InChI=1S/C12H9ClFN3O2/c13-11-1-9(14)8(2-16-11)10-3-17-12(4-15-10)19-7-5-18-6-7/h1-4,7H,5-6H2. The lowest BCUT2D eigenvalue weighted by Gasteiger charge is -2.25. The molecule has 0 bridgehead atoms. The van der Waals surface area contributed by atoms with Crippen LogP contribution in [0.5, 0.6) is 5.88 Å². The second-order valence-corrected chi connectivity index (χ2v) is 4.39. The van der Waals surface area contributed by atoms with E-state index < -0.39 is 5.82 Å². The molecule has 7 heteroatoms. The summed E-state index contributed by atoms with van der Waals surface area (Å²) in [6.07, 6.45) is 4.22. The Balaban J connectivity index is 1.81. The van der Waals surface area contributed by atoms with E-state index in [-0.39, 0.29) is 16.8 Å². The lowest BCUT2D eigenvalue weighted by Crippen LogP contribution is -2.38. The van der Waals surface area contributed by atoms with Gasteiger partial charge in [-0.2, -0.15) is 0 Å². The van der Waals surface area contributed by atoms with Gasteiger partial charge in [0.1, 0.15) is 17.1 Å². The first kappa shape index (κ1) is 12.3. The van der Waals surface area contributed by atoms with Gasteiger partial charge in [0.25, 0.3) is 0 Å². The van der Waals surface area contributed by atoms with E-state index in [0.717, 1.165) is 6.07 Å². The Morgan fingerprint density at radius 3 is 2.63 bits per heavy atom. The largest absolute Gasteiger partial charge is 0.468 e. The summed E-state index contributed by atoms with van der Waals surface area (Å²) < 4.78 is 24.1. The Labute approximate surface area is 113 Å². The minimum absolute atomic E-state index is 0.0223. The number of nitrogens with zero attached hydrogens (tertiary/aromatic N) is 3. The molecule has 19 heavy (non-hydrogen) atoms. The quantitative estimate of drug-likeness (QED) is 0.807. The maximum absolute atomic E-state index is 13.7. The maximum Gasteiger partial charge on any atom is 0.232 e. The molecule has 0 spiro atoms. The molecular formula is C12H9ClFN3O2. The Morgan fingerprint density at radius 2 is 2.05 bits per heavy atom. The van der Waals surface area contributed by atoms with E-state index in [1.165, 1.54) is 18.6 Å². The predicted molar refractivity (Wildman–Crippen MR) is 65.5 cm³/mol. The van der Waals surface area contributed by atoms with Gasteiger partial charge in [-0.1, -0.05) is 11.6 Å². The van der Waals surface area contributed by atoms with Gasteiger partial charge in [0.2, 0.25) is 5.88 Å². The molecule has 2 aromatic heterocycles. The predicted octanol–water partition coefficient (Wildman–Crippen LogP) is 2.11. The van der Waals surface area contributed by atoms with Gasteiger partial charge in [0.05, 0.1) is 36.9 Å². The molecule has 3 heterocycles. The van der Waals surface area contributed by atoms with Crippen molar-refractivity contribution < 1.29 is 13.9 Å². The molecule has 98 valence electrons. The molecule has 1 saturated heterocycles. The van der Waals surface area contributed by atoms with Crippen LogP contribution in [-0.4, -0.2) is 34.3 Å². The second kappa shape index (κ2) is 5.07. The van der Waals surface area contributed by atoms with Crippen molar-refractivity contribution in [1.29, 1.82) is 0 Å². The number of rotatable bonds is 3. The molecule has 0 unspecified atom stereocenters. The molecule has 0 saturated carbocycles. The monoisotopic (exact) mass is 281 g/mol. The summed E-state index contributed by atoms with van der Waals surface area (Å²) in [5, 5.41) is 0.0964. The van der Waals surface area contributed by atoms with Gasteiger partial charge in [-0.05, 0) is 0 Å². The second-order valence-electron chi connectivity index (χ2n) is 4.00. The third-order valence-electron chi connectivity index (χ3n) is 2.62. The molecule has 3 rings (SSSR count). The van der Waals surface area contributed by atoms with Crippen molar-refractivity contribution in [2.45, 2.75) is 6.10 Å². The van der Waals surface area contributed by atoms with Crippen molar-refractivity contribution in [1.82, 2.24) is 15.0 Å². The molecule has 1 fully saturated rings. The molecule has 2 aromatic rings. The fourth-order valence-electron chi connectivity index (χ4n) is 1.56. The third kappa shape index (κ3) is 2.64. The van der Waals surface area contributed by atoms with E-state index >= 15 is 0 Å². The van der Waals surface area contributed by atoms with Crippen LogP contribution in [0.4, 0.5) is 4.39 Å². The van der Waals surface area contributed by atoms with Gasteiger partial charge < -0.3 is 9.47 Å². The zero-order valence-corrected chi connectivity index (χ0v) is 10.5. The minimum Gasteiger partial charge on any atom is -0.468 e. The number of hydrogen-bond acceptors (Lipinski definition) is 5. The molecule has 5 nitrogen and oxygen atoms in total. The highest BCUT2D eigenvalue weighted by molar-refractivity contribution is 6.29. The van der Waals surface area contributed by atoms with Crippen LogP contribution < -0.4 is 4.74 Å². The highest BCUT2D eigenvalue weighted by Crippen LogP contribution is 2.22. The van der Waals surface area contributed by atoms with Crippen LogP contribution in [0, 0.1) is 5.82 Å². The van der Waals surface area contributed by atoms with Crippen molar-refractivity contribution in [3.05, 3.63) is 35.6 Å². The van der Waals surface area contributed by atoms with Crippen molar-refractivity contribution in [2.75, 3.05) is 13.2 Å². The molecule has 0 aromatic carbocycles. The summed E-state index contributed by atoms with van der Waals surface area (Å²) >= 11 is 5.59. The SMILES string of the molecule is Fc1cc(Cl)ncc1-c1cnc(OC2COC2)cn1. The van der Waals surface area contributed by atoms with Gasteiger partial charge in [-0.15, -0.1) is 0 Å². The summed E-state index contributed by atoms with van der Waals surface area (Å²) in [5.41, 5.74) is 0.620. The molecule has 1 aliphatic heterocycles. The summed E-state index contributed by atoms with van der Waals surface area (Å²) in [6, 6.07) is 1.13. The van der Waals surface area contributed by atoms with Crippen LogP contribution >= 0.6 is 11.6 Å². The zero-order valence-electron chi connectivity index (χ0n) is 9.72. The smallest absolute Gasteiger partial charge is 0.232 e. The van der Waals surface area contributed by atoms with Crippen LogP contribution in [0.3, 0.4) is 0 Å². The van der Waals surface area contributed by atoms with Crippen LogP contribution in [0.15, 0.2) is 24.7 Å². The van der Waals surface area contributed by atoms with Crippen LogP contribution in [0.1, 0.15) is 0 Å². The first-order valence-corrected chi connectivity index (χ1v) is 5.98. The molecule has 0 atom stereocenters. The Hall–Kier alpha value is -1.79. The van der Waals surface area contributed by atoms with E-state index in [2.05, 4.69) is 15.0 Å².